The fraction of sp³-hybridized carbons (Fsp3) is 0.438. The van der Waals surface area contributed by atoms with Gasteiger partial charge in [0.1, 0.15) is 6.61 Å². The standard InChI is InChI=1S/C16H19NO2/c18-16-17(13-14-19-16)12-8-3-1-2-5-9-15-10-6-4-7-11-15/h4,6-7,10-11H,1-3,5,9,13-14H2. The third-order valence-electron chi connectivity index (χ3n) is 3.08. The predicted molar refractivity (Wildman–Crippen MR) is 74.4 cm³/mol. The Morgan fingerprint density at radius 3 is 2.74 bits per heavy atom. The molecular formula is C16H19NO2. The first kappa shape index (κ1) is 13.5. The van der Waals surface area contributed by atoms with Gasteiger partial charge in [0.05, 0.1) is 6.54 Å². The molecule has 0 unspecified atom stereocenters. The molecule has 0 aromatic heterocycles. The third kappa shape index (κ3) is 4.67. The molecule has 0 atom stereocenters. The van der Waals surface area contributed by atoms with Crippen LogP contribution in [0.15, 0.2) is 30.3 Å². The molecule has 0 N–H and O–H groups in total. The minimum atomic E-state index is -0.309. The second-order valence-electron chi connectivity index (χ2n) is 4.60. The zero-order valence-electron chi connectivity index (χ0n) is 11.1. The lowest BCUT2D eigenvalue weighted by Crippen LogP contribution is -2.17. The number of hydrogen-bond donors (Lipinski definition) is 0. The summed E-state index contributed by atoms with van der Waals surface area (Å²) < 4.78 is 4.79. The number of hydrogen-bond acceptors (Lipinski definition) is 2. The van der Waals surface area contributed by atoms with Crippen LogP contribution in [-0.2, 0) is 11.2 Å². The molecule has 1 fully saturated rings. The molecular weight excluding hydrogens is 238 g/mol. The molecule has 1 aliphatic heterocycles. The Balaban J connectivity index is 1.55. The maximum atomic E-state index is 11.1. The van der Waals surface area contributed by atoms with Gasteiger partial charge in [-0.15, -0.1) is 0 Å². The zero-order valence-corrected chi connectivity index (χ0v) is 11.1. The first-order chi connectivity index (χ1) is 9.36. The molecule has 0 aliphatic carbocycles. The lowest BCUT2D eigenvalue weighted by molar-refractivity contribution is 0.167. The number of nitrogens with zero attached hydrogens (tertiary/aromatic N) is 1. The molecule has 1 aromatic rings. The monoisotopic (exact) mass is 257 g/mol. The molecule has 1 aromatic carbocycles. The van der Waals surface area contributed by atoms with Crippen LogP contribution in [0, 0.1) is 12.0 Å². The first-order valence-corrected chi connectivity index (χ1v) is 6.83. The van der Waals surface area contributed by atoms with Gasteiger partial charge in [0.15, 0.2) is 0 Å². The van der Waals surface area contributed by atoms with E-state index in [2.05, 4.69) is 36.2 Å². The van der Waals surface area contributed by atoms with Gasteiger partial charge >= 0.3 is 6.09 Å². The maximum absolute atomic E-state index is 11.1. The van der Waals surface area contributed by atoms with Crippen molar-refractivity contribution in [2.75, 3.05) is 13.2 Å². The molecule has 3 heteroatoms. The normalized spacial score (nSPS) is 13.9. The molecule has 1 saturated heterocycles. The number of ether oxygens (including phenoxy) is 1. The van der Waals surface area contributed by atoms with E-state index in [4.69, 9.17) is 4.74 Å². The van der Waals surface area contributed by atoms with E-state index < -0.39 is 0 Å². The van der Waals surface area contributed by atoms with Crippen molar-refractivity contribution in [2.45, 2.75) is 32.1 Å². The van der Waals surface area contributed by atoms with Crippen LogP contribution in [0.3, 0.4) is 0 Å². The van der Waals surface area contributed by atoms with E-state index in [1.165, 1.54) is 23.3 Å². The van der Waals surface area contributed by atoms with E-state index in [0.717, 1.165) is 19.3 Å². The predicted octanol–water partition coefficient (Wildman–Crippen LogP) is 3.20. The largest absolute Gasteiger partial charge is 0.447 e. The van der Waals surface area contributed by atoms with Crippen molar-refractivity contribution in [3.8, 4) is 12.0 Å². The van der Waals surface area contributed by atoms with E-state index in [1.807, 2.05) is 6.07 Å². The van der Waals surface area contributed by atoms with E-state index in [9.17, 15) is 4.79 Å². The van der Waals surface area contributed by atoms with E-state index >= 15 is 0 Å². The number of carbonyl (C=O) groups excluding carboxylic acids is 1. The number of rotatable bonds is 5. The van der Waals surface area contributed by atoms with Crippen LogP contribution in [0.5, 0.6) is 0 Å². The van der Waals surface area contributed by atoms with Crippen molar-refractivity contribution in [3.63, 3.8) is 0 Å². The Hall–Kier alpha value is -1.95. The molecule has 1 aliphatic rings. The van der Waals surface area contributed by atoms with Gasteiger partial charge in [-0.25, -0.2) is 9.69 Å². The lowest BCUT2D eigenvalue weighted by atomic mass is 10.1. The molecule has 1 heterocycles. The summed E-state index contributed by atoms with van der Waals surface area (Å²) >= 11 is 0. The SMILES string of the molecule is O=C1OCCN1C#CCCCCCc1ccccc1. The molecule has 0 bridgehead atoms. The van der Waals surface area contributed by atoms with Crippen LogP contribution in [0.1, 0.15) is 31.2 Å². The topological polar surface area (TPSA) is 29.5 Å². The Kier molecular flexibility index (Phi) is 5.31. The van der Waals surface area contributed by atoms with Gasteiger partial charge in [0, 0.05) is 12.5 Å². The summed E-state index contributed by atoms with van der Waals surface area (Å²) in [6.45, 7) is 1.06. The van der Waals surface area contributed by atoms with E-state index in [0.29, 0.717) is 13.2 Å². The van der Waals surface area contributed by atoms with Crippen molar-refractivity contribution >= 4 is 6.09 Å². The molecule has 19 heavy (non-hydrogen) atoms. The number of cyclic esters (lactones) is 1. The van der Waals surface area contributed by atoms with E-state index in [1.54, 1.807) is 0 Å². The van der Waals surface area contributed by atoms with Crippen LogP contribution < -0.4 is 0 Å². The Labute approximate surface area is 114 Å². The summed E-state index contributed by atoms with van der Waals surface area (Å²) in [5.41, 5.74) is 1.40. The minimum absolute atomic E-state index is 0.309. The number of unbranched alkanes of at least 4 members (excludes halogenated alkanes) is 3. The molecule has 3 nitrogen and oxygen atoms in total. The zero-order chi connectivity index (χ0) is 13.3. The van der Waals surface area contributed by atoms with Crippen LogP contribution >= 0.6 is 0 Å². The van der Waals surface area contributed by atoms with Crippen molar-refractivity contribution < 1.29 is 9.53 Å². The van der Waals surface area contributed by atoms with E-state index in [-0.39, 0.29) is 6.09 Å². The van der Waals surface area contributed by atoms with Crippen LogP contribution in [0.4, 0.5) is 4.79 Å². The van der Waals surface area contributed by atoms with Crippen molar-refractivity contribution in [1.82, 2.24) is 4.90 Å². The van der Waals surface area contributed by atoms with Crippen LogP contribution in [0.2, 0.25) is 0 Å². The average Bonchev–Trinajstić information content (AvgIpc) is 2.84. The van der Waals surface area contributed by atoms with Gasteiger partial charge in [0.2, 0.25) is 0 Å². The maximum Gasteiger partial charge on any atom is 0.421 e. The summed E-state index contributed by atoms with van der Waals surface area (Å²) in [6, 6.07) is 13.4. The van der Waals surface area contributed by atoms with Crippen LogP contribution in [0.25, 0.3) is 0 Å². The van der Waals surface area contributed by atoms with Gasteiger partial charge in [-0.1, -0.05) is 42.7 Å². The summed E-state index contributed by atoms with van der Waals surface area (Å²) in [5, 5.41) is 0. The van der Waals surface area contributed by atoms with Gasteiger partial charge in [-0.3, -0.25) is 0 Å². The lowest BCUT2D eigenvalue weighted by Gasteiger charge is -2.01. The molecule has 1 amide bonds. The number of aryl methyl sites for hydroxylation is 1. The molecule has 100 valence electrons. The van der Waals surface area contributed by atoms with Crippen molar-refractivity contribution in [2.24, 2.45) is 0 Å². The highest BCUT2D eigenvalue weighted by Crippen LogP contribution is 2.07. The Morgan fingerprint density at radius 2 is 2.00 bits per heavy atom. The van der Waals surface area contributed by atoms with Gasteiger partial charge < -0.3 is 4.74 Å². The fourth-order valence-electron chi connectivity index (χ4n) is 2.01. The highest BCUT2D eigenvalue weighted by Gasteiger charge is 2.19. The van der Waals surface area contributed by atoms with Crippen LogP contribution in [-0.4, -0.2) is 24.1 Å². The number of amides is 1. The summed E-state index contributed by atoms with van der Waals surface area (Å²) in [7, 11) is 0. The summed E-state index contributed by atoms with van der Waals surface area (Å²) in [6.07, 6.45) is 5.12. The van der Waals surface area contributed by atoms with Gasteiger partial charge in [-0.2, -0.15) is 0 Å². The van der Waals surface area contributed by atoms with Gasteiger partial charge in [0.25, 0.3) is 0 Å². The van der Waals surface area contributed by atoms with Gasteiger partial charge in [-0.05, 0) is 24.8 Å². The van der Waals surface area contributed by atoms with Crippen molar-refractivity contribution in [1.29, 1.82) is 0 Å². The second-order valence-corrected chi connectivity index (χ2v) is 4.60. The fourth-order valence-corrected chi connectivity index (χ4v) is 2.01. The second kappa shape index (κ2) is 7.48. The quantitative estimate of drug-likeness (QED) is 0.599. The Bertz CT molecular complexity index is 459. The molecule has 0 saturated carbocycles. The Morgan fingerprint density at radius 1 is 1.16 bits per heavy atom. The summed E-state index contributed by atoms with van der Waals surface area (Å²) in [4.78, 5) is 12.5. The molecule has 2 rings (SSSR count). The first-order valence-electron chi connectivity index (χ1n) is 6.83. The highest BCUT2D eigenvalue weighted by molar-refractivity contribution is 5.71. The minimum Gasteiger partial charge on any atom is -0.447 e. The number of carbonyl (C=O) groups is 1. The third-order valence-corrected chi connectivity index (χ3v) is 3.08. The smallest absolute Gasteiger partial charge is 0.421 e. The highest BCUT2D eigenvalue weighted by atomic mass is 16.6. The summed E-state index contributed by atoms with van der Waals surface area (Å²) in [5.74, 6) is 3.03. The number of benzene rings is 1. The average molecular weight is 257 g/mol. The van der Waals surface area contributed by atoms with Crippen molar-refractivity contribution in [3.05, 3.63) is 35.9 Å². The molecule has 0 spiro atoms. The molecule has 0 radical (unpaired) electrons.